The Kier molecular flexibility index (Phi) is 11.4. The molecule has 1 N–H and O–H groups in total. The lowest BCUT2D eigenvalue weighted by Crippen LogP contribution is -2.53. The van der Waals surface area contributed by atoms with E-state index in [0.29, 0.717) is 12.2 Å². The van der Waals surface area contributed by atoms with E-state index in [1.54, 1.807) is 24.3 Å². The number of rotatable bonds is 14. The van der Waals surface area contributed by atoms with E-state index < -0.39 is 28.5 Å². The van der Waals surface area contributed by atoms with E-state index in [1.807, 2.05) is 58.0 Å². The first-order chi connectivity index (χ1) is 20.0. The average Bonchev–Trinajstić information content (AvgIpc) is 2.99. The van der Waals surface area contributed by atoms with Crippen LogP contribution in [0.25, 0.3) is 0 Å². The third-order valence-corrected chi connectivity index (χ3v) is 8.90. The summed E-state index contributed by atoms with van der Waals surface area (Å²) >= 11 is 0. The highest BCUT2D eigenvalue weighted by Gasteiger charge is 2.35. The molecule has 0 heterocycles. The second-order valence-electron chi connectivity index (χ2n) is 10.1. The number of carbonyl (C=O) groups is 2. The standard InChI is InChI=1S/C32H41N3O6S/c1-7-24(4)33-32(37)28(8-2)34(21-25-12-10-9-11-13-25)31(36)22-35(29-20-26(40-5)16-19-30(29)41-6)42(38,39)27-17-14-23(3)15-18-27/h9-20,24,28H,7-8,21-22H2,1-6H3,(H,33,37)/t24-,28+/m0/s1. The van der Waals surface area contributed by atoms with Gasteiger partial charge in [-0.15, -0.1) is 0 Å². The molecule has 3 rings (SSSR count). The molecule has 3 aromatic carbocycles. The molecule has 0 aliphatic rings. The molecule has 10 heteroatoms. The number of benzene rings is 3. The molecule has 0 fully saturated rings. The number of ether oxygens (including phenoxy) is 2. The van der Waals surface area contributed by atoms with Crippen LogP contribution < -0.4 is 19.1 Å². The highest BCUT2D eigenvalue weighted by atomic mass is 32.2. The molecule has 2 atom stereocenters. The van der Waals surface area contributed by atoms with Crippen LogP contribution in [0, 0.1) is 6.92 Å². The fourth-order valence-corrected chi connectivity index (χ4v) is 5.90. The van der Waals surface area contributed by atoms with Crippen molar-refractivity contribution in [3.8, 4) is 11.5 Å². The molecule has 0 spiro atoms. The summed E-state index contributed by atoms with van der Waals surface area (Å²) in [6.45, 7) is 7.12. The van der Waals surface area contributed by atoms with Crippen molar-refractivity contribution in [2.24, 2.45) is 0 Å². The van der Waals surface area contributed by atoms with Crippen molar-refractivity contribution < 1.29 is 27.5 Å². The van der Waals surface area contributed by atoms with Crippen molar-refractivity contribution in [2.45, 2.75) is 64.1 Å². The Bertz CT molecular complexity index is 1440. The Labute approximate surface area is 249 Å². The molecule has 0 aromatic heterocycles. The first kappa shape index (κ1) is 32.5. The number of sulfonamides is 1. The normalized spacial score (nSPS) is 12.6. The molecule has 0 aliphatic heterocycles. The number of aryl methyl sites for hydroxylation is 1. The Morgan fingerprint density at radius 2 is 1.57 bits per heavy atom. The Morgan fingerprint density at radius 1 is 0.905 bits per heavy atom. The average molecular weight is 596 g/mol. The van der Waals surface area contributed by atoms with Gasteiger partial charge in [-0.3, -0.25) is 13.9 Å². The molecule has 42 heavy (non-hydrogen) atoms. The monoisotopic (exact) mass is 595 g/mol. The topological polar surface area (TPSA) is 105 Å². The summed E-state index contributed by atoms with van der Waals surface area (Å²) < 4.78 is 40.3. The van der Waals surface area contributed by atoms with Crippen molar-refractivity contribution in [3.63, 3.8) is 0 Å². The number of methoxy groups -OCH3 is 2. The van der Waals surface area contributed by atoms with Crippen molar-refractivity contribution in [2.75, 3.05) is 25.1 Å². The van der Waals surface area contributed by atoms with E-state index in [4.69, 9.17) is 9.47 Å². The summed E-state index contributed by atoms with van der Waals surface area (Å²) in [5.41, 5.74) is 1.85. The van der Waals surface area contributed by atoms with E-state index in [1.165, 1.54) is 37.3 Å². The highest BCUT2D eigenvalue weighted by molar-refractivity contribution is 7.92. The van der Waals surface area contributed by atoms with Crippen LogP contribution in [0.5, 0.6) is 11.5 Å². The van der Waals surface area contributed by atoms with Gasteiger partial charge in [-0.05, 0) is 56.5 Å². The summed E-state index contributed by atoms with van der Waals surface area (Å²) in [5.74, 6) is -0.188. The van der Waals surface area contributed by atoms with Crippen LogP contribution in [0.4, 0.5) is 5.69 Å². The van der Waals surface area contributed by atoms with Gasteiger partial charge in [-0.2, -0.15) is 0 Å². The molecule has 0 radical (unpaired) electrons. The summed E-state index contributed by atoms with van der Waals surface area (Å²) in [6, 6.07) is 19.6. The van der Waals surface area contributed by atoms with Crippen molar-refractivity contribution in [1.29, 1.82) is 0 Å². The fraction of sp³-hybridized carbons (Fsp3) is 0.375. The van der Waals surface area contributed by atoms with E-state index in [2.05, 4.69) is 5.32 Å². The van der Waals surface area contributed by atoms with Crippen molar-refractivity contribution in [3.05, 3.63) is 83.9 Å². The summed E-state index contributed by atoms with van der Waals surface area (Å²) in [4.78, 5) is 29.1. The minimum atomic E-state index is -4.26. The zero-order valence-electron chi connectivity index (χ0n) is 25.2. The molecule has 9 nitrogen and oxygen atoms in total. The van der Waals surface area contributed by atoms with Gasteiger partial charge in [0.2, 0.25) is 11.8 Å². The van der Waals surface area contributed by atoms with Gasteiger partial charge in [-0.1, -0.05) is 61.9 Å². The molecular weight excluding hydrogens is 554 g/mol. The number of carbonyl (C=O) groups excluding carboxylic acids is 2. The van der Waals surface area contributed by atoms with E-state index in [-0.39, 0.29) is 34.8 Å². The maximum Gasteiger partial charge on any atom is 0.264 e. The number of nitrogens with zero attached hydrogens (tertiary/aromatic N) is 2. The molecular formula is C32H41N3O6S. The van der Waals surface area contributed by atoms with Gasteiger partial charge >= 0.3 is 0 Å². The van der Waals surface area contributed by atoms with Crippen LogP contribution in [-0.2, 0) is 26.2 Å². The Morgan fingerprint density at radius 3 is 2.14 bits per heavy atom. The van der Waals surface area contributed by atoms with E-state index in [0.717, 1.165) is 21.9 Å². The highest BCUT2D eigenvalue weighted by Crippen LogP contribution is 2.36. The molecule has 3 aromatic rings. The lowest BCUT2D eigenvalue weighted by molar-refractivity contribution is -0.140. The fourth-order valence-electron chi connectivity index (χ4n) is 4.48. The molecule has 0 saturated carbocycles. The third-order valence-electron chi connectivity index (χ3n) is 7.13. The number of amides is 2. The zero-order chi connectivity index (χ0) is 30.9. The van der Waals surface area contributed by atoms with Crippen molar-refractivity contribution in [1.82, 2.24) is 10.2 Å². The van der Waals surface area contributed by atoms with Crippen LogP contribution in [0.2, 0.25) is 0 Å². The number of hydrogen-bond donors (Lipinski definition) is 1. The summed E-state index contributed by atoms with van der Waals surface area (Å²) in [7, 11) is -1.36. The second-order valence-corrected chi connectivity index (χ2v) is 12.0. The van der Waals surface area contributed by atoms with Gasteiger partial charge in [0, 0.05) is 18.7 Å². The van der Waals surface area contributed by atoms with Gasteiger partial charge in [0.25, 0.3) is 10.0 Å². The van der Waals surface area contributed by atoms with Crippen LogP contribution in [0.15, 0.2) is 77.7 Å². The number of hydrogen-bond acceptors (Lipinski definition) is 6. The van der Waals surface area contributed by atoms with Gasteiger partial charge in [0.1, 0.15) is 24.1 Å². The smallest absolute Gasteiger partial charge is 0.264 e. The predicted molar refractivity (Wildman–Crippen MR) is 164 cm³/mol. The molecule has 0 bridgehead atoms. The summed E-state index contributed by atoms with van der Waals surface area (Å²) in [5, 5.41) is 2.98. The first-order valence-corrected chi connectivity index (χ1v) is 15.4. The van der Waals surface area contributed by atoms with Gasteiger partial charge in [0.15, 0.2) is 0 Å². The minimum Gasteiger partial charge on any atom is -0.497 e. The lowest BCUT2D eigenvalue weighted by atomic mass is 10.1. The summed E-state index contributed by atoms with van der Waals surface area (Å²) in [6.07, 6.45) is 1.07. The van der Waals surface area contributed by atoms with E-state index >= 15 is 0 Å². The van der Waals surface area contributed by atoms with Crippen LogP contribution in [0.3, 0.4) is 0 Å². The molecule has 0 unspecified atom stereocenters. The number of nitrogens with one attached hydrogen (secondary N) is 1. The first-order valence-electron chi connectivity index (χ1n) is 14.0. The molecule has 226 valence electrons. The molecule has 0 aliphatic carbocycles. The van der Waals surface area contributed by atoms with Crippen LogP contribution in [-0.4, -0.2) is 58.0 Å². The third kappa shape index (κ3) is 7.82. The zero-order valence-corrected chi connectivity index (χ0v) is 26.0. The van der Waals surface area contributed by atoms with Crippen LogP contribution in [0.1, 0.15) is 44.7 Å². The van der Waals surface area contributed by atoms with Crippen LogP contribution >= 0.6 is 0 Å². The van der Waals surface area contributed by atoms with Gasteiger partial charge in [0.05, 0.1) is 24.8 Å². The SMILES string of the molecule is CC[C@H](C(=O)N[C@@H](C)CC)N(Cc1ccccc1)C(=O)CN(c1cc(OC)ccc1OC)S(=O)(=O)c1ccc(C)cc1. The van der Waals surface area contributed by atoms with Gasteiger partial charge in [-0.25, -0.2) is 8.42 Å². The quantitative estimate of drug-likeness (QED) is 0.283. The largest absolute Gasteiger partial charge is 0.497 e. The maximum absolute atomic E-state index is 14.2. The molecule has 0 saturated heterocycles. The van der Waals surface area contributed by atoms with E-state index in [9.17, 15) is 18.0 Å². The minimum absolute atomic E-state index is 0.0157. The Balaban J connectivity index is 2.14. The maximum atomic E-state index is 14.2. The second kappa shape index (κ2) is 14.7. The van der Waals surface area contributed by atoms with Gasteiger partial charge < -0.3 is 19.7 Å². The number of anilines is 1. The molecule has 2 amide bonds. The van der Waals surface area contributed by atoms with Crippen molar-refractivity contribution >= 4 is 27.5 Å². The lowest BCUT2D eigenvalue weighted by Gasteiger charge is -2.34. The predicted octanol–water partition coefficient (Wildman–Crippen LogP) is 4.93. The Hall–Kier alpha value is -4.05.